The minimum absolute atomic E-state index is 0.492. The van der Waals surface area contributed by atoms with Crippen LogP contribution in [0.15, 0.2) is 6.07 Å². The Morgan fingerprint density at radius 1 is 1.56 bits per heavy atom. The van der Waals surface area contributed by atoms with Crippen LogP contribution in [0.5, 0.6) is 0 Å². The van der Waals surface area contributed by atoms with Crippen molar-refractivity contribution in [2.45, 2.75) is 33.2 Å². The predicted molar refractivity (Wildman–Crippen MR) is 69.1 cm³/mol. The van der Waals surface area contributed by atoms with Crippen molar-refractivity contribution in [3.05, 3.63) is 21.4 Å². The van der Waals surface area contributed by atoms with Gasteiger partial charge in [0.15, 0.2) is 0 Å². The molecule has 2 unspecified atom stereocenters. The summed E-state index contributed by atoms with van der Waals surface area (Å²) in [6, 6.07) is 2.78. The Labute approximate surface area is 102 Å². The van der Waals surface area contributed by atoms with Crippen molar-refractivity contribution in [1.29, 1.82) is 0 Å². The lowest BCUT2D eigenvalue weighted by molar-refractivity contribution is 0.177. The fourth-order valence-corrected chi connectivity index (χ4v) is 3.68. The van der Waals surface area contributed by atoms with Crippen molar-refractivity contribution in [2.24, 2.45) is 5.92 Å². The lowest BCUT2D eigenvalue weighted by Crippen LogP contribution is -2.28. The highest BCUT2D eigenvalue weighted by Crippen LogP contribution is 2.35. The fraction of sp³-hybridized carbons (Fsp3) is 0.692. The molecule has 1 saturated heterocycles. The zero-order valence-corrected chi connectivity index (χ0v) is 11.2. The molecule has 1 N–H and O–H groups in total. The molecule has 90 valence electrons. The van der Waals surface area contributed by atoms with E-state index in [9.17, 15) is 0 Å². The van der Waals surface area contributed by atoms with Gasteiger partial charge in [-0.1, -0.05) is 6.92 Å². The number of thiophene rings is 1. The second kappa shape index (κ2) is 5.30. The molecule has 1 fully saturated rings. The van der Waals surface area contributed by atoms with Gasteiger partial charge in [0.05, 0.1) is 6.61 Å². The lowest BCUT2D eigenvalue weighted by atomic mass is 9.96. The molecule has 1 aliphatic rings. The summed E-state index contributed by atoms with van der Waals surface area (Å²) >= 11 is 1.93. The van der Waals surface area contributed by atoms with Gasteiger partial charge in [-0.2, -0.15) is 0 Å². The molecule has 0 aliphatic carbocycles. The van der Waals surface area contributed by atoms with Gasteiger partial charge in [-0.05, 0) is 38.4 Å². The quantitative estimate of drug-likeness (QED) is 0.872. The van der Waals surface area contributed by atoms with Gasteiger partial charge in [-0.15, -0.1) is 11.3 Å². The molecule has 3 heteroatoms. The predicted octanol–water partition coefficient (Wildman–Crippen LogP) is 3.05. The van der Waals surface area contributed by atoms with E-state index in [1.807, 2.05) is 11.3 Å². The molecule has 0 aromatic carbocycles. The van der Waals surface area contributed by atoms with Crippen LogP contribution in [0.3, 0.4) is 0 Å². The third kappa shape index (κ3) is 2.47. The van der Waals surface area contributed by atoms with E-state index in [4.69, 9.17) is 4.74 Å². The van der Waals surface area contributed by atoms with E-state index in [0.29, 0.717) is 12.0 Å². The van der Waals surface area contributed by atoms with Crippen LogP contribution in [0.25, 0.3) is 0 Å². The number of ether oxygens (including phenoxy) is 1. The molecule has 2 atom stereocenters. The van der Waals surface area contributed by atoms with Gasteiger partial charge in [0.1, 0.15) is 0 Å². The first-order valence-corrected chi connectivity index (χ1v) is 6.92. The van der Waals surface area contributed by atoms with Crippen LogP contribution in [-0.4, -0.2) is 19.8 Å². The summed E-state index contributed by atoms with van der Waals surface area (Å²) in [5, 5.41) is 3.63. The third-order valence-corrected chi connectivity index (χ3v) is 4.46. The summed E-state index contributed by atoms with van der Waals surface area (Å²) in [6.45, 7) is 9.45. The Hall–Kier alpha value is -0.380. The average molecular weight is 239 g/mol. The summed E-state index contributed by atoms with van der Waals surface area (Å²) < 4.78 is 5.52. The van der Waals surface area contributed by atoms with E-state index in [1.54, 1.807) is 0 Å². The standard InChI is InChI=1S/C13H21NOS/c1-4-14-12(11-5-6-15-8-11)13-9(2)7-10(3)16-13/h7,11-12,14H,4-6,8H2,1-3H3. The smallest absolute Gasteiger partial charge is 0.0513 e. The van der Waals surface area contributed by atoms with Gasteiger partial charge >= 0.3 is 0 Å². The highest BCUT2D eigenvalue weighted by atomic mass is 32.1. The van der Waals surface area contributed by atoms with Crippen molar-refractivity contribution in [1.82, 2.24) is 5.32 Å². The highest BCUT2D eigenvalue weighted by molar-refractivity contribution is 7.12. The van der Waals surface area contributed by atoms with E-state index < -0.39 is 0 Å². The molecule has 0 saturated carbocycles. The number of hydrogen-bond donors (Lipinski definition) is 1. The van der Waals surface area contributed by atoms with Crippen LogP contribution < -0.4 is 5.32 Å². The van der Waals surface area contributed by atoms with Crippen molar-refractivity contribution in [3.63, 3.8) is 0 Å². The molecule has 1 aromatic heterocycles. The number of nitrogens with one attached hydrogen (secondary N) is 1. The van der Waals surface area contributed by atoms with Crippen molar-refractivity contribution < 1.29 is 4.74 Å². The number of hydrogen-bond acceptors (Lipinski definition) is 3. The largest absolute Gasteiger partial charge is 0.381 e. The van der Waals surface area contributed by atoms with Crippen molar-refractivity contribution >= 4 is 11.3 Å². The van der Waals surface area contributed by atoms with Crippen molar-refractivity contribution in [3.8, 4) is 0 Å². The van der Waals surface area contributed by atoms with Crippen LogP contribution in [0.2, 0.25) is 0 Å². The zero-order valence-electron chi connectivity index (χ0n) is 10.4. The molecule has 1 aliphatic heterocycles. The first-order chi connectivity index (χ1) is 7.72. The summed E-state index contributed by atoms with van der Waals surface area (Å²) in [4.78, 5) is 2.92. The molecule has 16 heavy (non-hydrogen) atoms. The van der Waals surface area contributed by atoms with Crippen LogP contribution >= 0.6 is 11.3 Å². The van der Waals surface area contributed by atoms with E-state index in [1.165, 1.54) is 21.7 Å². The molecular formula is C13H21NOS. The number of aryl methyl sites for hydroxylation is 2. The maximum absolute atomic E-state index is 5.52. The maximum Gasteiger partial charge on any atom is 0.0513 e. The van der Waals surface area contributed by atoms with Crippen LogP contribution in [0, 0.1) is 19.8 Å². The lowest BCUT2D eigenvalue weighted by Gasteiger charge is -2.23. The van der Waals surface area contributed by atoms with Gasteiger partial charge in [-0.3, -0.25) is 0 Å². The second-order valence-electron chi connectivity index (χ2n) is 4.56. The summed E-state index contributed by atoms with van der Waals surface area (Å²) in [6.07, 6.45) is 1.19. The molecule has 1 aromatic rings. The molecule has 2 nitrogen and oxygen atoms in total. The molecule has 0 radical (unpaired) electrons. The summed E-state index contributed by atoms with van der Waals surface area (Å²) in [7, 11) is 0. The van der Waals surface area contributed by atoms with E-state index in [2.05, 4.69) is 32.2 Å². The Bertz CT molecular complexity index is 342. The van der Waals surface area contributed by atoms with E-state index in [-0.39, 0.29) is 0 Å². The first kappa shape index (κ1) is 12.1. The Morgan fingerprint density at radius 3 is 2.88 bits per heavy atom. The molecule has 0 spiro atoms. The fourth-order valence-electron chi connectivity index (χ4n) is 2.48. The molecule has 2 rings (SSSR count). The minimum atomic E-state index is 0.492. The van der Waals surface area contributed by atoms with E-state index >= 15 is 0 Å². The molecule has 0 bridgehead atoms. The van der Waals surface area contributed by atoms with Crippen LogP contribution in [0.4, 0.5) is 0 Å². The van der Waals surface area contributed by atoms with Crippen LogP contribution in [-0.2, 0) is 4.74 Å². The topological polar surface area (TPSA) is 21.3 Å². The third-order valence-electron chi connectivity index (χ3n) is 3.22. The second-order valence-corrected chi connectivity index (χ2v) is 5.85. The first-order valence-electron chi connectivity index (χ1n) is 6.10. The summed E-state index contributed by atoms with van der Waals surface area (Å²) in [5.41, 5.74) is 1.43. The van der Waals surface area contributed by atoms with Gasteiger partial charge in [0, 0.05) is 28.3 Å². The molecule has 2 heterocycles. The maximum atomic E-state index is 5.52. The Morgan fingerprint density at radius 2 is 2.38 bits per heavy atom. The molecular weight excluding hydrogens is 218 g/mol. The zero-order chi connectivity index (χ0) is 11.5. The highest BCUT2D eigenvalue weighted by Gasteiger charge is 2.28. The van der Waals surface area contributed by atoms with Gasteiger partial charge in [-0.25, -0.2) is 0 Å². The van der Waals surface area contributed by atoms with Gasteiger partial charge in [0.2, 0.25) is 0 Å². The Balaban J connectivity index is 2.20. The minimum Gasteiger partial charge on any atom is -0.381 e. The normalized spacial score (nSPS) is 22.6. The van der Waals surface area contributed by atoms with Crippen molar-refractivity contribution in [2.75, 3.05) is 19.8 Å². The van der Waals surface area contributed by atoms with E-state index in [0.717, 1.165) is 19.8 Å². The SMILES string of the molecule is CCNC(c1sc(C)cc1C)C1CCOC1. The number of rotatable bonds is 4. The Kier molecular flexibility index (Phi) is 4.00. The van der Waals surface area contributed by atoms with Gasteiger partial charge < -0.3 is 10.1 Å². The van der Waals surface area contributed by atoms with Gasteiger partial charge in [0.25, 0.3) is 0 Å². The molecule has 0 amide bonds. The summed E-state index contributed by atoms with van der Waals surface area (Å²) in [5.74, 6) is 0.650. The monoisotopic (exact) mass is 239 g/mol. The van der Waals surface area contributed by atoms with Crippen LogP contribution in [0.1, 0.15) is 34.7 Å². The average Bonchev–Trinajstić information content (AvgIpc) is 2.85.